The lowest BCUT2D eigenvalue weighted by atomic mass is 10.2. The van der Waals surface area contributed by atoms with Crippen LogP contribution in [0.15, 0.2) is 5.16 Å². The molecular weight excluding hydrogens is 259 g/mol. The Morgan fingerprint density at radius 3 is 1.94 bits per heavy atom. The highest BCUT2D eigenvalue weighted by atomic mass is 19.2. The van der Waals surface area contributed by atoms with E-state index >= 15 is 0 Å². The molecule has 1 aromatic carbocycles. The van der Waals surface area contributed by atoms with Crippen molar-refractivity contribution in [3.8, 4) is 0 Å². The second-order valence-corrected chi connectivity index (χ2v) is 3.19. The van der Waals surface area contributed by atoms with Gasteiger partial charge in [-0.15, -0.1) is 0 Å². The predicted octanol–water partition coefficient (Wildman–Crippen LogP) is 2.23. The molecule has 8 heteroatoms. The number of rotatable bonds is 5. The fourth-order valence-corrected chi connectivity index (χ4v) is 1.06. The van der Waals surface area contributed by atoms with Gasteiger partial charge < -0.3 is 10.6 Å². The van der Waals surface area contributed by atoms with Crippen LogP contribution >= 0.6 is 0 Å². The molecule has 0 aromatic heterocycles. The maximum absolute atomic E-state index is 13.1. The number of halogens is 5. The largest absolute Gasteiger partial charge is 0.391 e. The minimum Gasteiger partial charge on any atom is -0.391 e. The summed E-state index contributed by atoms with van der Waals surface area (Å²) in [5.74, 6) is -10.1. The number of hydrogen-bond donors (Lipinski definition) is 1. The highest BCUT2D eigenvalue weighted by Crippen LogP contribution is 2.23. The van der Waals surface area contributed by atoms with Crippen LogP contribution in [-0.4, -0.2) is 12.8 Å². The molecule has 0 unspecified atom stereocenters. The lowest BCUT2D eigenvalue weighted by molar-refractivity contribution is 0.124. The summed E-state index contributed by atoms with van der Waals surface area (Å²) in [4.78, 5) is 4.41. The highest BCUT2D eigenvalue weighted by molar-refractivity contribution is 5.56. The average Bonchev–Trinajstić information content (AvgIpc) is 2.37. The van der Waals surface area contributed by atoms with Crippen molar-refractivity contribution in [1.82, 2.24) is 0 Å². The van der Waals surface area contributed by atoms with Crippen molar-refractivity contribution in [3.05, 3.63) is 34.6 Å². The van der Waals surface area contributed by atoms with E-state index in [0.717, 1.165) is 0 Å². The van der Waals surface area contributed by atoms with Gasteiger partial charge in [0, 0.05) is 6.21 Å². The molecule has 0 bridgehead atoms. The summed E-state index contributed by atoms with van der Waals surface area (Å²) in [5.41, 5.74) is 4.05. The average molecular weight is 268 g/mol. The van der Waals surface area contributed by atoms with Gasteiger partial charge in [0.1, 0.15) is 6.61 Å². The van der Waals surface area contributed by atoms with Gasteiger partial charge in [0.05, 0.1) is 5.56 Å². The molecule has 0 aliphatic carbocycles. The Morgan fingerprint density at radius 1 is 0.944 bits per heavy atom. The Hall–Kier alpha value is -1.70. The molecule has 0 saturated carbocycles. The standard InChI is InChI=1S/C10H9F5N2O/c11-6-5(4-18-17-3-1-2-16)7(12)9(14)10(15)8(6)13/h3H,1-2,4,16H2/b17-3+. The number of nitrogens with zero attached hydrogens (tertiary/aromatic N) is 1. The molecule has 0 radical (unpaired) electrons. The Morgan fingerprint density at radius 2 is 1.44 bits per heavy atom. The van der Waals surface area contributed by atoms with E-state index in [1.165, 1.54) is 6.21 Å². The fraction of sp³-hybridized carbons (Fsp3) is 0.300. The molecule has 0 amide bonds. The summed E-state index contributed by atoms with van der Waals surface area (Å²) in [6.07, 6.45) is 1.57. The molecule has 0 atom stereocenters. The van der Waals surface area contributed by atoms with Gasteiger partial charge >= 0.3 is 0 Å². The maximum Gasteiger partial charge on any atom is 0.200 e. The van der Waals surface area contributed by atoms with Crippen molar-refractivity contribution in [2.24, 2.45) is 10.9 Å². The zero-order chi connectivity index (χ0) is 13.7. The Labute approximate surface area is 99.0 Å². The second-order valence-electron chi connectivity index (χ2n) is 3.19. The van der Waals surface area contributed by atoms with Gasteiger partial charge in [-0.25, -0.2) is 22.0 Å². The van der Waals surface area contributed by atoms with E-state index < -0.39 is 41.3 Å². The first kappa shape index (κ1) is 14.4. The SMILES string of the molecule is NCC/C=N/OCc1c(F)c(F)c(F)c(F)c1F. The number of oxime groups is 1. The molecule has 0 spiro atoms. The van der Waals surface area contributed by atoms with E-state index in [4.69, 9.17) is 5.73 Å². The Kier molecular flexibility index (Phi) is 5.02. The van der Waals surface area contributed by atoms with Crippen LogP contribution in [0.2, 0.25) is 0 Å². The third-order valence-electron chi connectivity index (χ3n) is 1.95. The van der Waals surface area contributed by atoms with Crippen LogP contribution in [0.25, 0.3) is 0 Å². The van der Waals surface area contributed by atoms with Crippen molar-refractivity contribution in [1.29, 1.82) is 0 Å². The molecule has 0 fully saturated rings. The van der Waals surface area contributed by atoms with Crippen molar-refractivity contribution in [2.75, 3.05) is 6.54 Å². The maximum atomic E-state index is 13.1. The van der Waals surface area contributed by atoms with E-state index in [2.05, 4.69) is 9.99 Å². The summed E-state index contributed by atoms with van der Waals surface area (Å²) < 4.78 is 64.4. The van der Waals surface area contributed by atoms with E-state index in [9.17, 15) is 22.0 Å². The first-order chi connectivity index (χ1) is 8.50. The van der Waals surface area contributed by atoms with E-state index in [0.29, 0.717) is 6.42 Å². The van der Waals surface area contributed by atoms with Gasteiger partial charge in [-0.2, -0.15) is 0 Å². The van der Waals surface area contributed by atoms with Crippen LogP contribution in [-0.2, 0) is 11.4 Å². The summed E-state index contributed by atoms with van der Waals surface area (Å²) in [6.45, 7) is -0.581. The summed E-state index contributed by atoms with van der Waals surface area (Å²) in [5, 5.41) is 3.24. The van der Waals surface area contributed by atoms with E-state index in [1.54, 1.807) is 0 Å². The minimum absolute atomic E-state index is 0.287. The van der Waals surface area contributed by atoms with Crippen LogP contribution in [0.3, 0.4) is 0 Å². The van der Waals surface area contributed by atoms with Gasteiger partial charge in [0.25, 0.3) is 0 Å². The zero-order valence-electron chi connectivity index (χ0n) is 9.02. The van der Waals surface area contributed by atoms with E-state index in [1.807, 2.05) is 0 Å². The molecule has 1 aromatic rings. The number of nitrogens with two attached hydrogens (primary N) is 1. The molecule has 0 saturated heterocycles. The normalized spacial score (nSPS) is 11.2. The predicted molar refractivity (Wildman–Crippen MR) is 53.2 cm³/mol. The summed E-state index contributed by atoms with van der Waals surface area (Å²) in [7, 11) is 0. The molecule has 0 heterocycles. The lowest BCUT2D eigenvalue weighted by Crippen LogP contribution is -2.07. The monoisotopic (exact) mass is 268 g/mol. The third-order valence-corrected chi connectivity index (χ3v) is 1.95. The highest BCUT2D eigenvalue weighted by Gasteiger charge is 2.25. The van der Waals surface area contributed by atoms with Crippen LogP contribution in [0.1, 0.15) is 12.0 Å². The molecule has 3 nitrogen and oxygen atoms in total. The van der Waals surface area contributed by atoms with Crippen LogP contribution < -0.4 is 5.73 Å². The second kappa shape index (κ2) is 6.29. The lowest BCUT2D eigenvalue weighted by Gasteiger charge is -2.06. The number of hydrogen-bond acceptors (Lipinski definition) is 3. The van der Waals surface area contributed by atoms with E-state index in [-0.39, 0.29) is 6.54 Å². The van der Waals surface area contributed by atoms with Crippen molar-refractivity contribution >= 4 is 6.21 Å². The van der Waals surface area contributed by atoms with Gasteiger partial charge in [-0.3, -0.25) is 0 Å². The first-order valence-corrected chi connectivity index (χ1v) is 4.84. The summed E-state index contributed by atoms with van der Waals surface area (Å²) in [6, 6.07) is 0. The Bertz CT molecular complexity index is 435. The van der Waals surface area contributed by atoms with Gasteiger partial charge in [0.2, 0.25) is 5.82 Å². The van der Waals surface area contributed by atoms with Crippen molar-refractivity contribution < 1.29 is 26.8 Å². The molecule has 100 valence electrons. The first-order valence-electron chi connectivity index (χ1n) is 4.84. The van der Waals surface area contributed by atoms with Crippen molar-refractivity contribution in [2.45, 2.75) is 13.0 Å². The molecule has 2 N–H and O–H groups in total. The van der Waals surface area contributed by atoms with Crippen LogP contribution in [0, 0.1) is 29.1 Å². The molecular formula is C10H9F5N2O. The third kappa shape index (κ3) is 2.95. The Balaban J connectivity index is 2.89. The molecule has 1 rings (SSSR count). The summed E-state index contributed by atoms with van der Waals surface area (Å²) >= 11 is 0. The molecule has 0 aliphatic heterocycles. The fourth-order valence-electron chi connectivity index (χ4n) is 1.06. The molecule has 18 heavy (non-hydrogen) atoms. The van der Waals surface area contributed by atoms with Crippen LogP contribution in [0.4, 0.5) is 22.0 Å². The van der Waals surface area contributed by atoms with Gasteiger partial charge in [-0.1, -0.05) is 5.16 Å². The minimum atomic E-state index is -2.21. The van der Waals surface area contributed by atoms with Gasteiger partial charge in [0.15, 0.2) is 23.3 Å². The number of benzene rings is 1. The topological polar surface area (TPSA) is 47.6 Å². The molecule has 0 aliphatic rings. The van der Waals surface area contributed by atoms with Crippen LogP contribution in [0.5, 0.6) is 0 Å². The van der Waals surface area contributed by atoms with Crippen molar-refractivity contribution in [3.63, 3.8) is 0 Å². The van der Waals surface area contributed by atoms with Gasteiger partial charge in [-0.05, 0) is 13.0 Å². The smallest absolute Gasteiger partial charge is 0.200 e. The zero-order valence-corrected chi connectivity index (χ0v) is 9.02. The quantitative estimate of drug-likeness (QED) is 0.293.